The van der Waals surface area contributed by atoms with Crippen LogP contribution in [0.1, 0.15) is 24.5 Å². The van der Waals surface area contributed by atoms with Crippen LogP contribution in [0.25, 0.3) is 0 Å². The molecule has 0 aliphatic rings. The number of nitrogens with zero attached hydrogens (tertiary/aromatic N) is 1. The molecular weight excluding hydrogens is 200 g/mol. The van der Waals surface area contributed by atoms with E-state index in [1.54, 1.807) is 13.8 Å². The molecule has 1 rings (SSSR count). The van der Waals surface area contributed by atoms with Gasteiger partial charge in [0, 0.05) is 17.6 Å². The lowest BCUT2D eigenvalue weighted by Gasteiger charge is -2.19. The van der Waals surface area contributed by atoms with Gasteiger partial charge in [-0.2, -0.15) is 0 Å². The highest BCUT2D eigenvalue weighted by atomic mass is 32.1. The molecule has 0 amide bonds. The zero-order valence-corrected chi connectivity index (χ0v) is 9.31. The zero-order chi connectivity index (χ0) is 10.8. The van der Waals surface area contributed by atoms with Gasteiger partial charge in [-0.1, -0.05) is 0 Å². The summed E-state index contributed by atoms with van der Waals surface area (Å²) >= 11 is 1.54. The van der Waals surface area contributed by atoms with Gasteiger partial charge in [-0.25, -0.2) is 4.98 Å². The van der Waals surface area contributed by atoms with E-state index in [9.17, 15) is 4.79 Å². The molecule has 0 radical (unpaired) electrons. The molecule has 0 saturated carbocycles. The maximum Gasteiger partial charge on any atom is 0.323 e. The van der Waals surface area contributed by atoms with Gasteiger partial charge in [0.1, 0.15) is 10.5 Å². The Morgan fingerprint density at radius 3 is 2.79 bits per heavy atom. The van der Waals surface area contributed by atoms with Gasteiger partial charge in [-0.3, -0.25) is 10.1 Å². The van der Waals surface area contributed by atoms with E-state index in [0.717, 1.165) is 10.7 Å². The third kappa shape index (κ3) is 2.78. The molecule has 0 fully saturated rings. The topological polar surface area (TPSA) is 62.2 Å². The van der Waals surface area contributed by atoms with Gasteiger partial charge in [0.25, 0.3) is 0 Å². The fraction of sp³-hybridized carbons (Fsp3) is 0.556. The third-order valence-corrected chi connectivity index (χ3v) is 2.85. The van der Waals surface area contributed by atoms with E-state index in [2.05, 4.69) is 10.3 Å². The molecule has 4 nitrogen and oxygen atoms in total. The lowest BCUT2D eigenvalue weighted by Crippen LogP contribution is -2.46. The molecule has 0 aliphatic carbocycles. The molecule has 0 aliphatic heterocycles. The summed E-state index contributed by atoms with van der Waals surface area (Å²) in [5.41, 5.74) is 0.0690. The number of rotatable bonds is 4. The lowest BCUT2D eigenvalue weighted by molar-refractivity contribution is -0.143. The van der Waals surface area contributed by atoms with E-state index in [-0.39, 0.29) is 0 Å². The van der Waals surface area contributed by atoms with Crippen LogP contribution in [0.2, 0.25) is 0 Å². The third-order valence-electron chi connectivity index (χ3n) is 1.88. The maximum atomic E-state index is 10.8. The van der Waals surface area contributed by atoms with Crippen molar-refractivity contribution in [1.82, 2.24) is 10.3 Å². The first-order chi connectivity index (χ1) is 6.42. The summed E-state index contributed by atoms with van der Waals surface area (Å²) in [5, 5.41) is 14.6. The number of nitrogens with one attached hydrogen (secondary N) is 1. The quantitative estimate of drug-likeness (QED) is 0.795. The van der Waals surface area contributed by atoms with Crippen molar-refractivity contribution in [3.05, 3.63) is 16.1 Å². The average Bonchev–Trinajstić information content (AvgIpc) is 2.48. The van der Waals surface area contributed by atoms with Gasteiger partial charge in [0.15, 0.2) is 0 Å². The van der Waals surface area contributed by atoms with Crippen molar-refractivity contribution in [3.8, 4) is 0 Å². The number of aryl methyl sites for hydroxylation is 1. The molecule has 78 valence electrons. The van der Waals surface area contributed by atoms with E-state index in [1.165, 1.54) is 11.3 Å². The van der Waals surface area contributed by atoms with Crippen LogP contribution in [-0.4, -0.2) is 21.6 Å². The van der Waals surface area contributed by atoms with Crippen molar-refractivity contribution in [2.75, 3.05) is 0 Å². The standard InChI is InChI=1S/C9H14N2O2S/c1-6-5-14-7(11-6)4-10-9(2,3)8(12)13/h5,10H,4H2,1-3H3,(H,12,13). The lowest BCUT2D eigenvalue weighted by atomic mass is 10.1. The molecule has 1 heterocycles. The summed E-state index contributed by atoms with van der Waals surface area (Å²) in [6.45, 7) is 5.69. The SMILES string of the molecule is Cc1csc(CNC(C)(C)C(=O)O)n1. The van der Waals surface area contributed by atoms with Crippen LogP contribution in [-0.2, 0) is 11.3 Å². The van der Waals surface area contributed by atoms with E-state index >= 15 is 0 Å². The molecule has 5 heteroatoms. The Balaban J connectivity index is 2.52. The van der Waals surface area contributed by atoms with E-state index in [4.69, 9.17) is 5.11 Å². The van der Waals surface area contributed by atoms with Gasteiger partial charge < -0.3 is 5.11 Å². The molecule has 2 N–H and O–H groups in total. The molecule has 0 unspecified atom stereocenters. The summed E-state index contributed by atoms with van der Waals surface area (Å²) in [6.07, 6.45) is 0. The molecule has 1 aromatic heterocycles. The van der Waals surface area contributed by atoms with Gasteiger partial charge in [-0.15, -0.1) is 11.3 Å². The minimum absolute atomic E-state index is 0.498. The zero-order valence-electron chi connectivity index (χ0n) is 8.50. The van der Waals surface area contributed by atoms with Gasteiger partial charge >= 0.3 is 5.97 Å². The molecule has 0 atom stereocenters. The highest BCUT2D eigenvalue weighted by Gasteiger charge is 2.26. The summed E-state index contributed by atoms with van der Waals surface area (Å²) in [5.74, 6) is -0.856. The Morgan fingerprint density at radius 1 is 1.71 bits per heavy atom. The van der Waals surface area contributed by atoms with Crippen molar-refractivity contribution < 1.29 is 9.90 Å². The normalized spacial score (nSPS) is 11.6. The van der Waals surface area contributed by atoms with Crippen LogP contribution in [0, 0.1) is 6.92 Å². The second-order valence-corrected chi connectivity index (χ2v) is 4.61. The molecule has 0 bridgehead atoms. The molecule has 0 spiro atoms. The van der Waals surface area contributed by atoms with E-state index in [1.807, 2.05) is 12.3 Å². The molecule has 14 heavy (non-hydrogen) atoms. The molecule has 0 aromatic carbocycles. The summed E-state index contributed by atoms with van der Waals surface area (Å²) in [7, 11) is 0. The van der Waals surface area contributed by atoms with Crippen molar-refractivity contribution in [3.63, 3.8) is 0 Å². The van der Waals surface area contributed by atoms with Crippen molar-refractivity contribution in [2.24, 2.45) is 0 Å². The second-order valence-electron chi connectivity index (χ2n) is 3.67. The van der Waals surface area contributed by atoms with Crippen LogP contribution in [0.4, 0.5) is 0 Å². The Kier molecular flexibility index (Phi) is 3.23. The number of hydrogen-bond acceptors (Lipinski definition) is 4. The number of aromatic nitrogens is 1. The van der Waals surface area contributed by atoms with Crippen molar-refractivity contribution in [1.29, 1.82) is 0 Å². The predicted octanol–water partition coefficient (Wildman–Crippen LogP) is 1.40. The number of carboxylic acid groups (broad SMARTS) is 1. The number of aliphatic carboxylic acids is 1. The largest absolute Gasteiger partial charge is 0.480 e. The molecule has 1 aromatic rings. The fourth-order valence-electron chi connectivity index (χ4n) is 0.856. The van der Waals surface area contributed by atoms with Crippen LogP contribution < -0.4 is 5.32 Å². The summed E-state index contributed by atoms with van der Waals surface area (Å²) in [4.78, 5) is 15.0. The average molecular weight is 214 g/mol. The highest BCUT2D eigenvalue weighted by molar-refractivity contribution is 7.09. The Hall–Kier alpha value is -0.940. The number of hydrogen-bond donors (Lipinski definition) is 2. The van der Waals surface area contributed by atoms with Gasteiger partial charge in [0.2, 0.25) is 0 Å². The first-order valence-corrected chi connectivity index (χ1v) is 5.19. The minimum Gasteiger partial charge on any atom is -0.480 e. The summed E-state index contributed by atoms with van der Waals surface area (Å²) in [6, 6.07) is 0. The predicted molar refractivity (Wildman–Crippen MR) is 55.4 cm³/mol. The highest BCUT2D eigenvalue weighted by Crippen LogP contribution is 2.10. The van der Waals surface area contributed by atoms with Crippen LogP contribution in [0.3, 0.4) is 0 Å². The molecular formula is C9H14N2O2S. The second kappa shape index (κ2) is 4.06. The number of thiazole rings is 1. The van der Waals surface area contributed by atoms with E-state index in [0.29, 0.717) is 6.54 Å². The van der Waals surface area contributed by atoms with Crippen molar-refractivity contribution in [2.45, 2.75) is 32.9 Å². The minimum atomic E-state index is -0.903. The first-order valence-electron chi connectivity index (χ1n) is 4.31. The number of carboxylic acids is 1. The first kappa shape index (κ1) is 11.1. The fourth-order valence-corrected chi connectivity index (χ4v) is 1.57. The van der Waals surface area contributed by atoms with Gasteiger partial charge in [-0.05, 0) is 20.8 Å². The van der Waals surface area contributed by atoms with E-state index < -0.39 is 11.5 Å². The van der Waals surface area contributed by atoms with Crippen LogP contribution >= 0.6 is 11.3 Å². The van der Waals surface area contributed by atoms with Gasteiger partial charge in [0.05, 0.1) is 0 Å². The smallest absolute Gasteiger partial charge is 0.323 e. The Morgan fingerprint density at radius 2 is 2.36 bits per heavy atom. The monoisotopic (exact) mass is 214 g/mol. The summed E-state index contributed by atoms with van der Waals surface area (Å²) < 4.78 is 0. The van der Waals surface area contributed by atoms with Crippen molar-refractivity contribution >= 4 is 17.3 Å². The Labute approximate surface area is 87.0 Å². The van der Waals surface area contributed by atoms with Crippen LogP contribution in [0.5, 0.6) is 0 Å². The van der Waals surface area contributed by atoms with Crippen LogP contribution in [0.15, 0.2) is 5.38 Å². The Bertz CT molecular complexity index is 333. The number of carbonyl (C=O) groups is 1. The molecule has 0 saturated heterocycles. The maximum absolute atomic E-state index is 10.8.